The van der Waals surface area contributed by atoms with Crippen LogP contribution in [0.3, 0.4) is 0 Å². The molecule has 0 bridgehead atoms. The van der Waals surface area contributed by atoms with E-state index < -0.39 is 23.7 Å². The number of carbonyl (C=O) groups is 1. The summed E-state index contributed by atoms with van der Waals surface area (Å²) in [6.45, 7) is 5.21. The molecule has 39 heavy (non-hydrogen) atoms. The van der Waals surface area contributed by atoms with Crippen LogP contribution in [0.15, 0.2) is 12.3 Å². The summed E-state index contributed by atoms with van der Waals surface area (Å²) in [5, 5.41) is 10.7. The van der Waals surface area contributed by atoms with Gasteiger partial charge in [-0.15, -0.1) is 0 Å². The Morgan fingerprint density at radius 2 is 1.87 bits per heavy atom. The number of carbonyl (C=O) groups excluding carboxylic acids is 1. The second-order valence-electron chi connectivity index (χ2n) is 10.1. The maximum Gasteiger partial charge on any atom is 0.391 e. The van der Waals surface area contributed by atoms with Gasteiger partial charge in [0.25, 0.3) is 5.91 Å². The molecule has 0 aromatic carbocycles. The first-order chi connectivity index (χ1) is 18.5. The molecular formula is C25H33ClF3N5O4S. The van der Waals surface area contributed by atoms with Gasteiger partial charge in [0.1, 0.15) is 11.6 Å². The number of aromatic nitrogens is 3. The van der Waals surface area contributed by atoms with Crippen LogP contribution in [0.5, 0.6) is 5.75 Å². The Balaban J connectivity index is 0.00000134. The van der Waals surface area contributed by atoms with Gasteiger partial charge < -0.3 is 15.4 Å². The number of nitrogens with zero attached hydrogens (tertiary/aromatic N) is 3. The third-order valence-electron chi connectivity index (χ3n) is 7.39. The number of amides is 1. The Hall–Kier alpha value is -2.67. The Morgan fingerprint density at radius 3 is 2.44 bits per heavy atom. The van der Waals surface area contributed by atoms with Gasteiger partial charge in [0.15, 0.2) is 5.69 Å². The van der Waals surface area contributed by atoms with Gasteiger partial charge in [0, 0.05) is 31.4 Å². The van der Waals surface area contributed by atoms with Crippen LogP contribution in [-0.2, 0) is 18.1 Å². The second kappa shape index (κ2) is 13.6. The summed E-state index contributed by atoms with van der Waals surface area (Å²) in [4.78, 5) is 17.3. The van der Waals surface area contributed by atoms with Crippen molar-refractivity contribution in [2.75, 3.05) is 19.0 Å². The first-order valence-corrected chi connectivity index (χ1v) is 13.9. The number of hydrogen-bond donors (Lipinski definition) is 2. The van der Waals surface area contributed by atoms with Crippen molar-refractivity contribution < 1.29 is 31.1 Å². The Kier molecular flexibility index (Phi) is 10.8. The van der Waals surface area contributed by atoms with Gasteiger partial charge in [-0.1, -0.05) is 31.4 Å². The van der Waals surface area contributed by atoms with Crippen molar-refractivity contribution in [1.29, 1.82) is 0 Å². The van der Waals surface area contributed by atoms with Gasteiger partial charge in [-0.2, -0.15) is 26.7 Å². The number of aryl methyl sites for hydroxylation is 1. The molecule has 2 saturated carbocycles. The molecule has 2 N–H and O–H groups in total. The lowest BCUT2D eigenvalue weighted by Crippen LogP contribution is -2.43. The van der Waals surface area contributed by atoms with Gasteiger partial charge in [0.05, 0.1) is 29.3 Å². The number of nitrogens with one attached hydrogen (secondary N) is 2. The van der Waals surface area contributed by atoms with E-state index in [1.54, 1.807) is 16.9 Å². The van der Waals surface area contributed by atoms with E-state index in [2.05, 4.69) is 27.6 Å². The number of anilines is 1. The first-order valence-electron chi connectivity index (χ1n) is 12.9. The molecule has 2 heterocycles. The normalized spacial score (nSPS) is 22.6. The summed E-state index contributed by atoms with van der Waals surface area (Å²) in [7, 11) is 1.49. The summed E-state index contributed by atoms with van der Waals surface area (Å²) >= 11 is 5.92. The third kappa shape index (κ3) is 7.71. The van der Waals surface area contributed by atoms with E-state index >= 15 is 0 Å². The van der Waals surface area contributed by atoms with Crippen LogP contribution >= 0.6 is 11.6 Å². The zero-order chi connectivity index (χ0) is 28.7. The number of halogens is 4. The lowest BCUT2D eigenvalue weighted by atomic mass is 9.80. The van der Waals surface area contributed by atoms with Gasteiger partial charge in [-0.25, -0.2) is 4.98 Å². The average molecular weight is 592 g/mol. The van der Waals surface area contributed by atoms with E-state index in [4.69, 9.17) is 24.8 Å². The molecule has 216 valence electrons. The minimum absolute atomic E-state index is 0.0159. The van der Waals surface area contributed by atoms with E-state index in [9.17, 15) is 18.0 Å². The number of ether oxygens (including phenoxy) is 1. The summed E-state index contributed by atoms with van der Waals surface area (Å²) in [6.07, 6.45) is 1.97. The second-order valence-corrected chi connectivity index (χ2v) is 10.6. The van der Waals surface area contributed by atoms with Crippen molar-refractivity contribution in [2.24, 2.45) is 17.8 Å². The Bertz CT molecular complexity index is 1180. The number of pyridine rings is 1. The van der Waals surface area contributed by atoms with E-state index in [0.29, 0.717) is 41.8 Å². The quantitative estimate of drug-likeness (QED) is 0.430. The molecule has 0 saturated heterocycles. The minimum atomic E-state index is -4.17. The van der Waals surface area contributed by atoms with E-state index in [1.807, 2.05) is 6.92 Å². The maximum absolute atomic E-state index is 12.9. The van der Waals surface area contributed by atoms with Crippen LogP contribution in [-0.4, -0.2) is 55.0 Å². The van der Waals surface area contributed by atoms with Gasteiger partial charge in [-0.05, 0) is 44.4 Å². The predicted molar refractivity (Wildman–Crippen MR) is 141 cm³/mol. The zero-order valence-electron chi connectivity index (χ0n) is 22.0. The third-order valence-corrected chi connectivity index (χ3v) is 7.75. The number of rotatable bonds is 8. The Morgan fingerprint density at radius 1 is 1.23 bits per heavy atom. The average Bonchev–Trinajstić information content (AvgIpc) is 3.21. The van der Waals surface area contributed by atoms with Crippen LogP contribution in [0.25, 0.3) is 11.3 Å². The molecular weight excluding hydrogens is 559 g/mol. The number of methoxy groups -OCH3 is 1. The lowest BCUT2D eigenvalue weighted by molar-refractivity contribution is -0.195. The standard InChI is InChI=1S/C25H33ClF3N5O2.O2S/c1-4-34-23(21(26)22(33-34)24(35)31-12-15-7-5-14(2)6-8-15)18-13-30-20(11-19(18)36-3)32-17-9-16(10-17)25(27,28)29;1-3-2/h11,13-17H,4-10,12H2,1-3H3,(H,30,32)(H,31,35);. The van der Waals surface area contributed by atoms with Crippen LogP contribution in [0.1, 0.15) is 62.9 Å². The molecule has 0 aliphatic heterocycles. The first kappa shape index (κ1) is 30.9. The molecule has 0 radical (unpaired) electrons. The highest BCUT2D eigenvalue weighted by molar-refractivity contribution is 7.51. The molecule has 0 unspecified atom stereocenters. The molecule has 2 aromatic rings. The van der Waals surface area contributed by atoms with Crippen molar-refractivity contribution >= 4 is 34.9 Å². The fourth-order valence-corrected chi connectivity index (χ4v) is 5.32. The van der Waals surface area contributed by atoms with Crippen molar-refractivity contribution in [3.8, 4) is 17.0 Å². The zero-order valence-corrected chi connectivity index (χ0v) is 23.6. The molecule has 2 fully saturated rings. The van der Waals surface area contributed by atoms with E-state index in [-0.39, 0.29) is 35.5 Å². The summed E-state index contributed by atoms with van der Waals surface area (Å²) in [5.74, 6) is 0.452. The topological polar surface area (TPSA) is 115 Å². The molecule has 2 aliphatic rings. The largest absolute Gasteiger partial charge is 0.496 e. The maximum atomic E-state index is 12.9. The highest BCUT2D eigenvalue weighted by Crippen LogP contribution is 2.43. The molecule has 14 heteroatoms. The molecule has 2 aliphatic carbocycles. The lowest BCUT2D eigenvalue weighted by Gasteiger charge is -2.37. The summed E-state index contributed by atoms with van der Waals surface area (Å²) < 4.78 is 62.1. The molecule has 0 spiro atoms. The van der Waals surface area contributed by atoms with E-state index in [1.165, 1.54) is 20.0 Å². The fraction of sp³-hybridized carbons (Fsp3) is 0.640. The molecule has 0 atom stereocenters. The van der Waals surface area contributed by atoms with Crippen molar-refractivity contribution in [1.82, 2.24) is 20.1 Å². The van der Waals surface area contributed by atoms with Crippen LogP contribution in [0.2, 0.25) is 5.02 Å². The Labute approximate surface area is 233 Å². The number of hydrogen-bond acceptors (Lipinski definition) is 7. The van der Waals surface area contributed by atoms with Crippen LogP contribution in [0, 0.1) is 17.8 Å². The van der Waals surface area contributed by atoms with Crippen LogP contribution in [0.4, 0.5) is 19.0 Å². The summed E-state index contributed by atoms with van der Waals surface area (Å²) in [6, 6.07) is 1.33. The monoisotopic (exact) mass is 591 g/mol. The molecule has 9 nitrogen and oxygen atoms in total. The van der Waals surface area contributed by atoms with Crippen molar-refractivity contribution in [3.63, 3.8) is 0 Å². The minimum Gasteiger partial charge on any atom is -0.496 e. The molecule has 2 aromatic heterocycles. The van der Waals surface area contributed by atoms with Crippen molar-refractivity contribution in [2.45, 2.75) is 71.1 Å². The van der Waals surface area contributed by atoms with Crippen molar-refractivity contribution in [3.05, 3.63) is 23.0 Å². The van der Waals surface area contributed by atoms with E-state index in [0.717, 1.165) is 18.8 Å². The van der Waals surface area contributed by atoms with Crippen LogP contribution < -0.4 is 15.4 Å². The summed E-state index contributed by atoms with van der Waals surface area (Å²) in [5.41, 5.74) is 1.20. The molecule has 1 amide bonds. The predicted octanol–water partition coefficient (Wildman–Crippen LogP) is 5.27. The molecule has 4 rings (SSSR count). The number of alkyl halides is 3. The highest BCUT2D eigenvalue weighted by Gasteiger charge is 2.47. The van der Waals surface area contributed by atoms with Gasteiger partial charge in [-0.3, -0.25) is 9.48 Å². The van der Waals surface area contributed by atoms with Gasteiger partial charge in [0.2, 0.25) is 0 Å². The van der Waals surface area contributed by atoms with Gasteiger partial charge >= 0.3 is 17.7 Å². The highest BCUT2D eigenvalue weighted by atomic mass is 35.5. The smallest absolute Gasteiger partial charge is 0.391 e. The SMILES string of the molecule is CCn1nc(C(=O)NCC2CCC(C)CC2)c(Cl)c1-c1cnc(NC2CC(C(F)(F)F)C2)cc1OC.O=S=O. The fourth-order valence-electron chi connectivity index (χ4n) is 5.00.